The predicted molar refractivity (Wildman–Crippen MR) is 62.9 cm³/mol. The highest BCUT2D eigenvalue weighted by molar-refractivity contribution is 8.00. The topological polar surface area (TPSA) is 24.9 Å². The van der Waals surface area contributed by atoms with Crippen LogP contribution in [0.15, 0.2) is 53.7 Å². The molecule has 0 saturated heterocycles. The summed E-state index contributed by atoms with van der Waals surface area (Å²) < 4.78 is 0. The molecule has 1 aromatic heterocycles. The summed E-state index contributed by atoms with van der Waals surface area (Å²) in [4.78, 5) is 5.35. The van der Waals surface area contributed by atoms with E-state index in [2.05, 4.69) is 46.7 Å². The van der Waals surface area contributed by atoms with E-state index in [0.717, 1.165) is 0 Å². The van der Waals surface area contributed by atoms with E-state index in [9.17, 15) is 0 Å². The van der Waals surface area contributed by atoms with Crippen molar-refractivity contribution in [1.82, 2.24) is 4.98 Å². The van der Waals surface area contributed by atoms with Crippen LogP contribution in [0.3, 0.4) is 0 Å². The molecule has 3 heteroatoms. The highest BCUT2D eigenvalue weighted by Crippen LogP contribution is 2.45. The summed E-state index contributed by atoms with van der Waals surface area (Å²) in [6, 6.07) is 12.5. The number of anilines is 1. The number of para-hydroxylation sites is 1. The molecule has 74 valence electrons. The van der Waals surface area contributed by atoms with E-state index in [1.807, 2.05) is 24.2 Å². The zero-order valence-corrected chi connectivity index (χ0v) is 8.87. The molecule has 1 aliphatic heterocycles. The lowest BCUT2D eigenvalue weighted by Crippen LogP contribution is -2.00. The molecule has 1 N–H and O–H groups in total. The number of thioether (sulfide) groups is 1. The van der Waals surface area contributed by atoms with Crippen molar-refractivity contribution in [3.63, 3.8) is 0 Å². The Kier molecular flexibility index (Phi) is 2.10. The Morgan fingerprint density at radius 1 is 1.07 bits per heavy atom. The van der Waals surface area contributed by atoms with Crippen LogP contribution in [-0.2, 0) is 0 Å². The molecule has 0 bridgehead atoms. The first-order valence-electron chi connectivity index (χ1n) is 4.85. The van der Waals surface area contributed by atoms with Gasteiger partial charge in [0.05, 0.1) is 0 Å². The molecule has 0 amide bonds. The highest BCUT2D eigenvalue weighted by Gasteiger charge is 2.21. The van der Waals surface area contributed by atoms with Crippen molar-refractivity contribution in [1.29, 1.82) is 0 Å². The number of fused-ring (bicyclic) bond motifs is 1. The largest absolute Gasteiger partial charge is 0.368 e. The lowest BCUT2D eigenvalue weighted by Gasteiger charge is -2.09. The summed E-state index contributed by atoms with van der Waals surface area (Å²) in [5.74, 6) is 0. The van der Waals surface area contributed by atoms with Crippen molar-refractivity contribution >= 4 is 17.4 Å². The first-order chi connectivity index (χ1) is 7.43. The Morgan fingerprint density at radius 2 is 1.87 bits per heavy atom. The first kappa shape index (κ1) is 8.80. The fraction of sp³-hybridized carbons (Fsp3) is 0.0833. The molecule has 2 aromatic rings. The van der Waals surface area contributed by atoms with Gasteiger partial charge in [-0.05, 0) is 29.8 Å². The van der Waals surface area contributed by atoms with Crippen molar-refractivity contribution in [2.75, 3.05) is 5.32 Å². The summed E-state index contributed by atoms with van der Waals surface area (Å²) in [7, 11) is 0. The summed E-state index contributed by atoms with van der Waals surface area (Å²) in [5, 5.41) is 3.81. The summed E-state index contributed by atoms with van der Waals surface area (Å²) in [5.41, 5.74) is 2.50. The molecule has 1 aliphatic rings. The van der Waals surface area contributed by atoms with Gasteiger partial charge in [0.25, 0.3) is 0 Å². The smallest absolute Gasteiger partial charge is 0.103 e. The van der Waals surface area contributed by atoms with Gasteiger partial charge >= 0.3 is 0 Å². The van der Waals surface area contributed by atoms with Gasteiger partial charge in [0.2, 0.25) is 0 Å². The lowest BCUT2D eigenvalue weighted by atomic mass is 10.2. The third-order valence-corrected chi connectivity index (χ3v) is 3.66. The van der Waals surface area contributed by atoms with Crippen LogP contribution in [0.4, 0.5) is 5.69 Å². The van der Waals surface area contributed by atoms with E-state index in [4.69, 9.17) is 0 Å². The number of hydrogen-bond acceptors (Lipinski definition) is 3. The maximum Gasteiger partial charge on any atom is 0.103 e. The van der Waals surface area contributed by atoms with Crippen LogP contribution in [0, 0.1) is 0 Å². The standard InChI is InChI=1S/C12H10N2S/c1-2-4-11-10(3-1)14-12(15-11)9-5-7-13-8-6-9/h1-8,12,14H/t12-/m0/s1. The molecule has 1 aromatic carbocycles. The summed E-state index contributed by atoms with van der Waals surface area (Å²) in [6.07, 6.45) is 3.67. The van der Waals surface area contributed by atoms with Crippen LogP contribution in [0.2, 0.25) is 0 Å². The van der Waals surface area contributed by atoms with Gasteiger partial charge in [-0.3, -0.25) is 4.98 Å². The van der Waals surface area contributed by atoms with Gasteiger partial charge in [0.1, 0.15) is 5.37 Å². The number of aromatic nitrogens is 1. The van der Waals surface area contributed by atoms with E-state index >= 15 is 0 Å². The fourth-order valence-electron chi connectivity index (χ4n) is 1.68. The number of nitrogens with one attached hydrogen (secondary N) is 1. The third-order valence-electron chi connectivity index (χ3n) is 2.43. The minimum atomic E-state index is 0.324. The quantitative estimate of drug-likeness (QED) is 0.788. The van der Waals surface area contributed by atoms with Crippen molar-refractivity contribution in [2.24, 2.45) is 0 Å². The molecular weight excluding hydrogens is 204 g/mol. The zero-order chi connectivity index (χ0) is 10.1. The van der Waals surface area contributed by atoms with Crippen molar-refractivity contribution in [2.45, 2.75) is 10.3 Å². The molecule has 0 aliphatic carbocycles. The number of rotatable bonds is 1. The van der Waals surface area contributed by atoms with Crippen molar-refractivity contribution < 1.29 is 0 Å². The SMILES string of the molecule is c1ccc2c(c1)N[C@H](c1ccncc1)S2. The van der Waals surface area contributed by atoms with Crippen LogP contribution in [-0.4, -0.2) is 4.98 Å². The Labute approximate surface area is 92.7 Å². The first-order valence-corrected chi connectivity index (χ1v) is 5.73. The summed E-state index contributed by atoms with van der Waals surface area (Å²) >= 11 is 1.85. The van der Waals surface area contributed by atoms with Crippen molar-refractivity contribution in [3.05, 3.63) is 54.4 Å². The monoisotopic (exact) mass is 214 g/mol. The van der Waals surface area contributed by atoms with E-state index in [1.165, 1.54) is 16.1 Å². The molecule has 3 rings (SSSR count). The molecule has 0 saturated carbocycles. The average molecular weight is 214 g/mol. The van der Waals surface area contributed by atoms with E-state index in [-0.39, 0.29) is 0 Å². The Balaban J connectivity index is 1.91. The highest BCUT2D eigenvalue weighted by atomic mass is 32.2. The van der Waals surface area contributed by atoms with Gasteiger partial charge in [-0.2, -0.15) is 0 Å². The van der Waals surface area contributed by atoms with E-state index in [0.29, 0.717) is 5.37 Å². The summed E-state index contributed by atoms with van der Waals surface area (Å²) in [6.45, 7) is 0. The number of hydrogen-bond donors (Lipinski definition) is 1. The zero-order valence-electron chi connectivity index (χ0n) is 8.05. The maximum absolute atomic E-state index is 4.03. The van der Waals surface area contributed by atoms with Gasteiger partial charge in [-0.1, -0.05) is 23.9 Å². The molecule has 2 nitrogen and oxygen atoms in total. The molecule has 15 heavy (non-hydrogen) atoms. The average Bonchev–Trinajstić information content (AvgIpc) is 2.74. The number of benzene rings is 1. The molecule has 0 radical (unpaired) electrons. The molecule has 2 heterocycles. The second-order valence-electron chi connectivity index (χ2n) is 3.42. The minimum Gasteiger partial charge on any atom is -0.368 e. The Bertz CT molecular complexity index is 445. The van der Waals surface area contributed by atoms with Crippen LogP contribution in [0.5, 0.6) is 0 Å². The second-order valence-corrected chi connectivity index (χ2v) is 4.57. The van der Waals surface area contributed by atoms with Crippen molar-refractivity contribution in [3.8, 4) is 0 Å². The lowest BCUT2D eigenvalue weighted by molar-refractivity contribution is 1.11. The van der Waals surface area contributed by atoms with E-state index in [1.54, 1.807) is 0 Å². The van der Waals surface area contributed by atoms with Crippen LogP contribution >= 0.6 is 11.8 Å². The van der Waals surface area contributed by atoms with Gasteiger partial charge in [0, 0.05) is 23.0 Å². The minimum absolute atomic E-state index is 0.324. The Hall–Kier alpha value is -1.48. The molecule has 0 unspecified atom stereocenters. The van der Waals surface area contributed by atoms with Gasteiger partial charge < -0.3 is 5.32 Å². The maximum atomic E-state index is 4.03. The van der Waals surface area contributed by atoms with Gasteiger partial charge in [-0.15, -0.1) is 0 Å². The molecule has 0 spiro atoms. The molecule has 1 atom stereocenters. The molecular formula is C12H10N2S. The predicted octanol–water partition coefficient (Wildman–Crippen LogP) is 3.30. The van der Waals surface area contributed by atoms with Crippen LogP contribution in [0.25, 0.3) is 0 Å². The third kappa shape index (κ3) is 1.59. The fourth-order valence-corrected chi connectivity index (χ4v) is 2.82. The van der Waals surface area contributed by atoms with Crippen LogP contribution in [0.1, 0.15) is 10.9 Å². The van der Waals surface area contributed by atoms with Gasteiger partial charge in [0.15, 0.2) is 0 Å². The number of pyridine rings is 1. The van der Waals surface area contributed by atoms with Crippen LogP contribution < -0.4 is 5.32 Å². The molecule has 0 fully saturated rings. The van der Waals surface area contributed by atoms with Gasteiger partial charge in [-0.25, -0.2) is 0 Å². The second kappa shape index (κ2) is 3.59. The van der Waals surface area contributed by atoms with E-state index < -0.39 is 0 Å². The Morgan fingerprint density at radius 3 is 2.67 bits per heavy atom. The number of nitrogens with zero attached hydrogens (tertiary/aromatic N) is 1. The normalized spacial score (nSPS) is 18.3.